The third-order valence-electron chi connectivity index (χ3n) is 3.86. The molecule has 29 heavy (non-hydrogen) atoms. The normalized spacial score (nSPS) is 10.3. The predicted molar refractivity (Wildman–Crippen MR) is 107 cm³/mol. The van der Waals surface area contributed by atoms with Gasteiger partial charge in [0.1, 0.15) is 23.2 Å². The van der Waals surface area contributed by atoms with Gasteiger partial charge in [-0.25, -0.2) is 19.2 Å². The van der Waals surface area contributed by atoms with E-state index in [4.69, 9.17) is 4.74 Å². The summed E-state index contributed by atoms with van der Waals surface area (Å²) in [6.45, 7) is 3.59. The Morgan fingerprint density at radius 3 is 2.52 bits per heavy atom. The van der Waals surface area contributed by atoms with Crippen LogP contribution in [0.4, 0.5) is 21.6 Å². The zero-order chi connectivity index (χ0) is 20.8. The Hall–Kier alpha value is -3.81. The molecular weight excluding hydrogens is 375 g/mol. The minimum Gasteiger partial charge on any atom is -0.462 e. The van der Waals surface area contributed by atoms with E-state index in [2.05, 4.69) is 20.6 Å². The number of carbonyl (C=O) groups is 2. The van der Waals surface area contributed by atoms with Gasteiger partial charge >= 0.3 is 5.97 Å². The van der Waals surface area contributed by atoms with Gasteiger partial charge < -0.3 is 15.4 Å². The van der Waals surface area contributed by atoms with Gasteiger partial charge in [0.2, 0.25) is 0 Å². The lowest BCUT2D eigenvalue weighted by molar-refractivity contribution is 0.0527. The molecule has 0 saturated carbocycles. The highest BCUT2D eigenvalue weighted by Gasteiger charge is 2.16. The zero-order valence-corrected chi connectivity index (χ0v) is 15.9. The second-order valence-corrected chi connectivity index (χ2v) is 6.04. The second kappa shape index (κ2) is 8.92. The Labute approximate surface area is 167 Å². The lowest BCUT2D eigenvalue weighted by Crippen LogP contribution is -2.18. The summed E-state index contributed by atoms with van der Waals surface area (Å²) in [5.41, 5.74) is 1.29. The van der Waals surface area contributed by atoms with Crippen LogP contribution in [-0.4, -0.2) is 28.5 Å². The maximum Gasteiger partial charge on any atom is 0.340 e. The lowest BCUT2D eigenvalue weighted by Gasteiger charge is -2.11. The van der Waals surface area contributed by atoms with Crippen molar-refractivity contribution in [3.8, 4) is 0 Å². The molecule has 0 bridgehead atoms. The third-order valence-corrected chi connectivity index (χ3v) is 3.86. The summed E-state index contributed by atoms with van der Waals surface area (Å²) in [7, 11) is 0. The zero-order valence-electron chi connectivity index (χ0n) is 15.9. The third kappa shape index (κ3) is 5.13. The molecule has 7 nitrogen and oxygen atoms in total. The maximum absolute atomic E-state index is 13.1. The molecule has 3 rings (SSSR count). The standard InChI is InChI=1S/C21H19FN4O3/c1-3-29-21(28)16-6-4-5-7-17(16)26-20(27)18-12-19(24-13(2)23-18)25-15-10-8-14(22)9-11-15/h4-12H,3H2,1-2H3,(H,26,27)(H,23,24,25). The molecule has 0 aliphatic rings. The van der Waals surface area contributed by atoms with E-state index in [9.17, 15) is 14.0 Å². The van der Waals surface area contributed by atoms with Gasteiger partial charge in [0, 0.05) is 11.8 Å². The van der Waals surface area contributed by atoms with Crippen molar-refractivity contribution >= 4 is 29.1 Å². The smallest absolute Gasteiger partial charge is 0.340 e. The molecule has 8 heteroatoms. The van der Waals surface area contributed by atoms with Crippen molar-refractivity contribution in [3.63, 3.8) is 0 Å². The van der Waals surface area contributed by atoms with E-state index in [1.165, 1.54) is 18.2 Å². The maximum atomic E-state index is 13.1. The summed E-state index contributed by atoms with van der Waals surface area (Å²) >= 11 is 0. The molecule has 2 N–H and O–H groups in total. The first-order valence-corrected chi connectivity index (χ1v) is 8.92. The number of benzene rings is 2. The molecule has 0 aliphatic carbocycles. The summed E-state index contributed by atoms with van der Waals surface area (Å²) in [5, 5.41) is 5.69. The summed E-state index contributed by atoms with van der Waals surface area (Å²) in [5.74, 6) is -0.626. The minimum absolute atomic E-state index is 0.112. The lowest BCUT2D eigenvalue weighted by atomic mass is 10.1. The van der Waals surface area contributed by atoms with Crippen LogP contribution in [-0.2, 0) is 4.74 Å². The first-order valence-electron chi connectivity index (χ1n) is 8.92. The Balaban J connectivity index is 1.82. The molecule has 0 aliphatic heterocycles. The van der Waals surface area contributed by atoms with Crippen LogP contribution in [0, 0.1) is 12.7 Å². The summed E-state index contributed by atoms with van der Waals surface area (Å²) < 4.78 is 18.1. The van der Waals surface area contributed by atoms with E-state index < -0.39 is 11.9 Å². The van der Waals surface area contributed by atoms with Gasteiger partial charge in [-0.1, -0.05) is 12.1 Å². The van der Waals surface area contributed by atoms with Crippen LogP contribution in [0.2, 0.25) is 0 Å². The van der Waals surface area contributed by atoms with E-state index in [0.29, 0.717) is 23.0 Å². The fraction of sp³-hybridized carbons (Fsp3) is 0.143. The van der Waals surface area contributed by atoms with Crippen molar-refractivity contribution in [2.75, 3.05) is 17.2 Å². The molecule has 1 amide bonds. The molecule has 148 valence electrons. The van der Waals surface area contributed by atoms with Gasteiger partial charge in [0.05, 0.1) is 17.9 Å². The fourth-order valence-corrected chi connectivity index (χ4v) is 2.59. The first kappa shape index (κ1) is 19.9. The Kier molecular flexibility index (Phi) is 6.13. The topological polar surface area (TPSA) is 93.2 Å². The van der Waals surface area contributed by atoms with Crippen LogP contribution in [0.15, 0.2) is 54.6 Å². The molecule has 1 heterocycles. The average Bonchev–Trinajstić information content (AvgIpc) is 2.70. The highest BCUT2D eigenvalue weighted by molar-refractivity contribution is 6.07. The van der Waals surface area contributed by atoms with Crippen LogP contribution < -0.4 is 10.6 Å². The van der Waals surface area contributed by atoms with Crippen LogP contribution in [0.25, 0.3) is 0 Å². The van der Waals surface area contributed by atoms with E-state index >= 15 is 0 Å². The van der Waals surface area contributed by atoms with Gasteiger partial charge in [-0.05, 0) is 50.2 Å². The molecule has 1 aromatic heterocycles. The number of nitrogens with zero attached hydrogens (tertiary/aromatic N) is 2. The van der Waals surface area contributed by atoms with Crippen LogP contribution >= 0.6 is 0 Å². The number of carbonyl (C=O) groups excluding carboxylic acids is 2. The van der Waals surface area contributed by atoms with Crippen molar-refractivity contribution in [1.82, 2.24) is 9.97 Å². The summed E-state index contributed by atoms with van der Waals surface area (Å²) in [4.78, 5) is 33.2. The van der Waals surface area contributed by atoms with Gasteiger partial charge in [-0.2, -0.15) is 0 Å². The molecule has 0 spiro atoms. The van der Waals surface area contributed by atoms with E-state index in [1.807, 2.05) is 0 Å². The Morgan fingerprint density at radius 1 is 1.07 bits per heavy atom. The highest BCUT2D eigenvalue weighted by atomic mass is 19.1. The SMILES string of the molecule is CCOC(=O)c1ccccc1NC(=O)c1cc(Nc2ccc(F)cc2)nc(C)n1. The molecule has 0 unspecified atom stereocenters. The Morgan fingerprint density at radius 2 is 1.79 bits per heavy atom. The highest BCUT2D eigenvalue weighted by Crippen LogP contribution is 2.19. The number of aryl methyl sites for hydroxylation is 1. The van der Waals surface area contributed by atoms with Crippen molar-refractivity contribution in [1.29, 1.82) is 0 Å². The van der Waals surface area contributed by atoms with Gasteiger partial charge in [0.15, 0.2) is 0 Å². The number of anilines is 3. The number of halogens is 1. The van der Waals surface area contributed by atoms with Crippen molar-refractivity contribution < 1.29 is 18.7 Å². The molecule has 0 radical (unpaired) electrons. The molecule has 0 atom stereocenters. The number of nitrogens with one attached hydrogen (secondary N) is 2. The number of esters is 1. The number of rotatable bonds is 6. The van der Waals surface area contributed by atoms with Gasteiger partial charge in [0.25, 0.3) is 5.91 Å². The monoisotopic (exact) mass is 394 g/mol. The summed E-state index contributed by atoms with van der Waals surface area (Å²) in [6, 6.07) is 13.8. The number of para-hydroxylation sites is 1. The fourth-order valence-electron chi connectivity index (χ4n) is 2.59. The van der Waals surface area contributed by atoms with Crippen molar-refractivity contribution in [2.45, 2.75) is 13.8 Å². The van der Waals surface area contributed by atoms with E-state index in [0.717, 1.165) is 0 Å². The average molecular weight is 394 g/mol. The largest absolute Gasteiger partial charge is 0.462 e. The quantitative estimate of drug-likeness (QED) is 0.612. The van der Waals surface area contributed by atoms with E-state index in [-0.39, 0.29) is 23.7 Å². The molecule has 0 saturated heterocycles. The summed E-state index contributed by atoms with van der Waals surface area (Å²) in [6.07, 6.45) is 0. The molecule has 2 aromatic carbocycles. The van der Waals surface area contributed by atoms with Crippen molar-refractivity contribution in [2.24, 2.45) is 0 Å². The minimum atomic E-state index is -0.527. The molecular formula is C21H19FN4O3. The van der Waals surface area contributed by atoms with Crippen molar-refractivity contribution in [3.05, 3.63) is 77.5 Å². The second-order valence-electron chi connectivity index (χ2n) is 6.04. The van der Waals surface area contributed by atoms with Gasteiger partial charge in [-0.15, -0.1) is 0 Å². The van der Waals surface area contributed by atoms with Crippen LogP contribution in [0.3, 0.4) is 0 Å². The number of amides is 1. The molecule has 3 aromatic rings. The predicted octanol–water partition coefficient (Wildman–Crippen LogP) is 4.10. The Bertz CT molecular complexity index is 1040. The number of hydrogen-bond donors (Lipinski definition) is 2. The van der Waals surface area contributed by atoms with Crippen LogP contribution in [0.5, 0.6) is 0 Å². The molecule has 0 fully saturated rings. The van der Waals surface area contributed by atoms with Gasteiger partial charge in [-0.3, -0.25) is 4.79 Å². The number of hydrogen-bond acceptors (Lipinski definition) is 6. The van der Waals surface area contributed by atoms with E-state index in [1.54, 1.807) is 50.2 Å². The van der Waals surface area contributed by atoms with Crippen LogP contribution in [0.1, 0.15) is 33.6 Å². The first-order chi connectivity index (χ1) is 14.0. The number of aromatic nitrogens is 2. The number of ether oxygens (including phenoxy) is 1.